The number of piperazine rings is 1. The molecule has 202 valence electrons. The molecule has 2 N–H and O–H groups in total. The summed E-state index contributed by atoms with van der Waals surface area (Å²) in [6.45, 7) is 10.0. The molecule has 0 amide bonds. The summed E-state index contributed by atoms with van der Waals surface area (Å²) in [7, 11) is 2.15. The van der Waals surface area contributed by atoms with Gasteiger partial charge < -0.3 is 20.2 Å². The first kappa shape index (κ1) is 25.3. The zero-order valence-corrected chi connectivity index (χ0v) is 22.5. The van der Waals surface area contributed by atoms with Gasteiger partial charge in [0.25, 0.3) is 5.56 Å². The normalized spacial score (nSPS) is 19.7. The van der Waals surface area contributed by atoms with Crippen LogP contribution in [0.5, 0.6) is 0 Å². The average molecular weight is 527 g/mol. The molecule has 4 aromatic rings. The molecule has 1 atom stereocenters. The summed E-state index contributed by atoms with van der Waals surface area (Å²) in [5, 5.41) is 14.7. The van der Waals surface area contributed by atoms with E-state index in [0.717, 1.165) is 50.3 Å². The van der Waals surface area contributed by atoms with Crippen LogP contribution in [0.25, 0.3) is 16.9 Å². The fourth-order valence-electron chi connectivity index (χ4n) is 5.56. The van der Waals surface area contributed by atoms with Gasteiger partial charge in [0.1, 0.15) is 11.0 Å². The SMILES string of the molecule is C=CCn1c(=O)c2cnc(Nc3ccc(N4CCN(C)CC4)cc3)nc2n1-c1ccc2c(n1)[C@@](C)(O)CCC2. The number of pyridine rings is 1. The molecule has 10 nitrogen and oxygen atoms in total. The van der Waals surface area contributed by atoms with Crippen molar-refractivity contribution < 1.29 is 5.11 Å². The molecule has 1 fully saturated rings. The summed E-state index contributed by atoms with van der Waals surface area (Å²) in [5.41, 5.74) is 2.92. The van der Waals surface area contributed by atoms with Crippen LogP contribution in [0, 0.1) is 0 Å². The molecule has 1 aromatic carbocycles. The van der Waals surface area contributed by atoms with E-state index in [-0.39, 0.29) is 12.1 Å². The zero-order chi connectivity index (χ0) is 27.1. The molecule has 0 spiro atoms. The second kappa shape index (κ2) is 9.94. The number of nitrogens with zero attached hydrogens (tertiary/aromatic N) is 7. The van der Waals surface area contributed by atoms with E-state index >= 15 is 0 Å². The van der Waals surface area contributed by atoms with E-state index in [0.29, 0.717) is 34.9 Å². The minimum Gasteiger partial charge on any atom is -0.384 e. The van der Waals surface area contributed by atoms with Crippen molar-refractivity contribution in [3.05, 3.63) is 76.9 Å². The highest BCUT2D eigenvalue weighted by atomic mass is 16.3. The maximum absolute atomic E-state index is 13.3. The Morgan fingerprint density at radius 3 is 2.62 bits per heavy atom. The minimum atomic E-state index is -1.02. The fraction of sp³-hybridized carbons (Fsp3) is 0.379. The number of rotatable bonds is 6. The van der Waals surface area contributed by atoms with Crippen molar-refractivity contribution in [1.29, 1.82) is 0 Å². The van der Waals surface area contributed by atoms with E-state index in [2.05, 4.69) is 45.9 Å². The quantitative estimate of drug-likeness (QED) is 0.369. The molecule has 3 aromatic heterocycles. The van der Waals surface area contributed by atoms with Gasteiger partial charge in [-0.05, 0) is 69.1 Å². The number of hydrogen-bond donors (Lipinski definition) is 2. The van der Waals surface area contributed by atoms with Gasteiger partial charge in [0, 0.05) is 43.8 Å². The van der Waals surface area contributed by atoms with Crippen molar-refractivity contribution >= 4 is 28.4 Å². The summed E-state index contributed by atoms with van der Waals surface area (Å²) in [5.74, 6) is 0.898. The first-order valence-corrected chi connectivity index (χ1v) is 13.5. The van der Waals surface area contributed by atoms with Crippen molar-refractivity contribution in [2.45, 2.75) is 38.3 Å². The van der Waals surface area contributed by atoms with Crippen LogP contribution in [0.4, 0.5) is 17.3 Å². The topological polar surface area (TPSA) is 104 Å². The lowest BCUT2D eigenvalue weighted by molar-refractivity contribution is 0.0339. The Kier molecular flexibility index (Phi) is 6.44. The molecule has 0 saturated carbocycles. The third kappa shape index (κ3) is 4.70. The molecule has 10 heteroatoms. The highest BCUT2D eigenvalue weighted by Crippen LogP contribution is 2.34. The van der Waals surface area contributed by atoms with E-state index in [9.17, 15) is 9.90 Å². The molecule has 4 heterocycles. The summed E-state index contributed by atoms with van der Waals surface area (Å²) in [6.07, 6.45) is 5.64. The second-order valence-corrected chi connectivity index (χ2v) is 10.7. The van der Waals surface area contributed by atoms with Gasteiger partial charge in [-0.25, -0.2) is 19.3 Å². The van der Waals surface area contributed by atoms with Gasteiger partial charge in [-0.15, -0.1) is 6.58 Å². The van der Waals surface area contributed by atoms with Gasteiger partial charge >= 0.3 is 0 Å². The van der Waals surface area contributed by atoms with Gasteiger partial charge in [-0.1, -0.05) is 12.1 Å². The first-order chi connectivity index (χ1) is 18.8. The Hall–Kier alpha value is -4.02. The average Bonchev–Trinajstić information content (AvgIpc) is 3.20. The Bertz CT molecular complexity index is 1580. The number of fused-ring (bicyclic) bond motifs is 2. The van der Waals surface area contributed by atoms with Gasteiger partial charge in [0.15, 0.2) is 11.5 Å². The van der Waals surface area contributed by atoms with E-state index in [1.165, 1.54) is 5.69 Å². The summed E-state index contributed by atoms with van der Waals surface area (Å²) in [4.78, 5) is 32.1. The highest BCUT2D eigenvalue weighted by Gasteiger charge is 2.32. The molecule has 6 rings (SSSR count). The number of aromatic nitrogens is 5. The predicted molar refractivity (Wildman–Crippen MR) is 153 cm³/mol. The van der Waals surface area contributed by atoms with Crippen LogP contribution >= 0.6 is 0 Å². The van der Waals surface area contributed by atoms with Gasteiger partial charge in [-0.3, -0.25) is 4.79 Å². The Morgan fingerprint density at radius 1 is 1.10 bits per heavy atom. The maximum atomic E-state index is 13.3. The van der Waals surface area contributed by atoms with Gasteiger partial charge in [0.2, 0.25) is 5.95 Å². The smallest absolute Gasteiger partial charge is 0.278 e. The second-order valence-electron chi connectivity index (χ2n) is 10.7. The molecule has 1 saturated heterocycles. The number of benzene rings is 1. The van der Waals surface area contributed by atoms with Crippen molar-refractivity contribution in [3.8, 4) is 5.82 Å². The minimum absolute atomic E-state index is 0.223. The van der Waals surface area contributed by atoms with Gasteiger partial charge in [-0.2, -0.15) is 4.98 Å². The van der Waals surface area contributed by atoms with Gasteiger partial charge in [0.05, 0.1) is 12.2 Å². The number of hydrogen-bond acceptors (Lipinski definition) is 8. The van der Waals surface area contributed by atoms with Crippen LogP contribution < -0.4 is 15.8 Å². The van der Waals surface area contributed by atoms with Crippen LogP contribution in [0.1, 0.15) is 31.0 Å². The molecule has 2 aliphatic rings. The van der Waals surface area contributed by atoms with Crippen molar-refractivity contribution in [2.24, 2.45) is 0 Å². The third-order valence-electron chi connectivity index (χ3n) is 7.77. The first-order valence-electron chi connectivity index (χ1n) is 13.5. The molecular weight excluding hydrogens is 492 g/mol. The number of nitrogens with one attached hydrogen (secondary N) is 1. The highest BCUT2D eigenvalue weighted by molar-refractivity contribution is 5.77. The molecule has 39 heavy (non-hydrogen) atoms. The molecule has 0 bridgehead atoms. The molecule has 0 radical (unpaired) electrons. The molecule has 1 aliphatic heterocycles. The number of aliphatic hydroxyl groups is 1. The number of allylic oxidation sites excluding steroid dienone is 1. The van der Waals surface area contributed by atoms with E-state index in [4.69, 9.17) is 9.97 Å². The summed E-state index contributed by atoms with van der Waals surface area (Å²) in [6, 6.07) is 12.1. The summed E-state index contributed by atoms with van der Waals surface area (Å²) >= 11 is 0. The van der Waals surface area contributed by atoms with Crippen molar-refractivity contribution in [3.63, 3.8) is 0 Å². The largest absolute Gasteiger partial charge is 0.384 e. The summed E-state index contributed by atoms with van der Waals surface area (Å²) < 4.78 is 3.25. The molecule has 0 unspecified atom stereocenters. The lowest BCUT2D eigenvalue weighted by atomic mass is 9.84. The van der Waals surface area contributed by atoms with Crippen molar-refractivity contribution in [2.75, 3.05) is 43.4 Å². The Morgan fingerprint density at radius 2 is 1.87 bits per heavy atom. The Labute approximate surface area is 227 Å². The van der Waals surface area contributed by atoms with Crippen LogP contribution in [0.15, 0.2) is 60.0 Å². The van der Waals surface area contributed by atoms with E-state index < -0.39 is 5.60 Å². The van der Waals surface area contributed by atoms with E-state index in [1.807, 2.05) is 24.3 Å². The number of anilines is 3. The van der Waals surface area contributed by atoms with Crippen LogP contribution in [0.3, 0.4) is 0 Å². The Balaban J connectivity index is 1.36. The number of aryl methyl sites for hydroxylation is 1. The predicted octanol–water partition coefficient (Wildman–Crippen LogP) is 3.20. The van der Waals surface area contributed by atoms with Crippen LogP contribution in [0.2, 0.25) is 0 Å². The molecule has 1 aliphatic carbocycles. The molecular formula is C29H34N8O2. The monoisotopic (exact) mass is 526 g/mol. The third-order valence-corrected chi connectivity index (χ3v) is 7.77. The van der Waals surface area contributed by atoms with Crippen molar-refractivity contribution in [1.82, 2.24) is 29.2 Å². The van der Waals surface area contributed by atoms with Crippen LogP contribution in [-0.2, 0) is 18.6 Å². The standard InChI is InChI=1S/C29H34N8O2/c1-4-14-36-27(38)23-19-30-28(31-21-8-10-22(11-9-21)35-17-15-34(3)16-18-35)33-26(23)37(36)24-12-7-20-6-5-13-29(2,39)25(20)32-24/h4,7-12,19,39H,1,5-6,13-18H2,2-3H3,(H,30,31,33)/t29-/m0/s1. The lowest BCUT2D eigenvalue weighted by Crippen LogP contribution is -2.44. The maximum Gasteiger partial charge on any atom is 0.278 e. The van der Waals surface area contributed by atoms with Crippen LogP contribution in [-0.4, -0.2) is 67.5 Å². The number of likely N-dealkylation sites (N-methyl/N-ethyl adjacent to an activating group) is 1. The fourth-order valence-corrected chi connectivity index (χ4v) is 5.56. The lowest BCUT2D eigenvalue weighted by Gasteiger charge is -2.34. The zero-order valence-electron chi connectivity index (χ0n) is 22.5. The van der Waals surface area contributed by atoms with E-state index in [1.54, 1.807) is 28.6 Å².